The zero-order valence-electron chi connectivity index (χ0n) is 14.1. The zero-order valence-corrected chi connectivity index (χ0v) is 14.9. The SMILES string of the molecule is Fc1ccc(C2=Nn3c(CNc4ccc5c(c4)OCO5)nnc3SC2)cc1. The Labute approximate surface area is 158 Å². The molecule has 27 heavy (non-hydrogen) atoms. The summed E-state index contributed by atoms with van der Waals surface area (Å²) in [5.74, 6) is 2.55. The van der Waals surface area contributed by atoms with Crippen molar-refractivity contribution >= 4 is 23.2 Å². The minimum Gasteiger partial charge on any atom is -0.454 e. The van der Waals surface area contributed by atoms with E-state index in [9.17, 15) is 4.39 Å². The highest BCUT2D eigenvalue weighted by Crippen LogP contribution is 2.34. The molecule has 3 aromatic rings. The number of thioether (sulfide) groups is 1. The molecule has 2 aliphatic rings. The van der Waals surface area contributed by atoms with E-state index >= 15 is 0 Å². The quantitative estimate of drug-likeness (QED) is 0.746. The standard InChI is InChI=1S/C18H14FN5O2S/c19-12-3-1-11(2-4-12)14-9-27-18-22-21-17(24(18)23-14)8-20-13-5-6-15-16(7-13)26-10-25-15/h1-7,20H,8-10H2. The first-order valence-corrected chi connectivity index (χ1v) is 9.29. The summed E-state index contributed by atoms with van der Waals surface area (Å²) in [4.78, 5) is 0. The predicted octanol–water partition coefficient (Wildman–Crippen LogP) is 3.12. The molecule has 0 spiro atoms. The van der Waals surface area contributed by atoms with Gasteiger partial charge in [0.05, 0.1) is 12.3 Å². The van der Waals surface area contributed by atoms with Crippen LogP contribution in [0.1, 0.15) is 11.4 Å². The van der Waals surface area contributed by atoms with Crippen LogP contribution >= 0.6 is 11.8 Å². The Kier molecular flexibility index (Phi) is 3.93. The van der Waals surface area contributed by atoms with Crippen LogP contribution in [0, 0.1) is 5.82 Å². The Morgan fingerprint density at radius 3 is 2.81 bits per heavy atom. The number of halogens is 1. The van der Waals surface area contributed by atoms with Crippen LogP contribution in [0.5, 0.6) is 11.5 Å². The third-order valence-corrected chi connectivity index (χ3v) is 5.17. The Hall–Kier alpha value is -3.07. The molecule has 0 radical (unpaired) electrons. The van der Waals surface area contributed by atoms with Gasteiger partial charge in [-0.15, -0.1) is 10.2 Å². The number of hydrogen-bond acceptors (Lipinski definition) is 7. The van der Waals surface area contributed by atoms with E-state index in [0.29, 0.717) is 18.1 Å². The summed E-state index contributed by atoms with van der Waals surface area (Å²) in [6, 6.07) is 12.0. The molecule has 0 fully saturated rings. The highest BCUT2D eigenvalue weighted by Gasteiger charge is 2.20. The van der Waals surface area contributed by atoms with E-state index in [0.717, 1.165) is 33.6 Å². The number of anilines is 1. The number of hydrogen-bond donors (Lipinski definition) is 1. The largest absolute Gasteiger partial charge is 0.454 e. The van der Waals surface area contributed by atoms with Gasteiger partial charge in [-0.1, -0.05) is 23.9 Å². The van der Waals surface area contributed by atoms with Crippen molar-refractivity contribution in [3.05, 3.63) is 59.7 Å². The lowest BCUT2D eigenvalue weighted by Gasteiger charge is -2.14. The molecule has 136 valence electrons. The van der Waals surface area contributed by atoms with Gasteiger partial charge in [-0.3, -0.25) is 0 Å². The maximum absolute atomic E-state index is 13.2. The van der Waals surface area contributed by atoms with Crippen molar-refractivity contribution < 1.29 is 13.9 Å². The first-order chi connectivity index (χ1) is 13.3. The topological polar surface area (TPSA) is 73.6 Å². The normalized spacial score (nSPS) is 14.6. The summed E-state index contributed by atoms with van der Waals surface area (Å²) < 4.78 is 25.6. The average molecular weight is 383 g/mol. The molecule has 1 aromatic heterocycles. The molecule has 0 amide bonds. The zero-order chi connectivity index (χ0) is 18.2. The second-order valence-electron chi connectivity index (χ2n) is 5.97. The lowest BCUT2D eigenvalue weighted by atomic mass is 10.1. The fraction of sp³-hybridized carbons (Fsp3) is 0.167. The summed E-state index contributed by atoms with van der Waals surface area (Å²) in [6.45, 7) is 0.696. The van der Waals surface area contributed by atoms with Crippen LogP contribution in [0.15, 0.2) is 52.7 Å². The molecule has 3 heterocycles. The van der Waals surface area contributed by atoms with Gasteiger partial charge in [0.2, 0.25) is 11.9 Å². The van der Waals surface area contributed by atoms with Gasteiger partial charge >= 0.3 is 0 Å². The van der Waals surface area contributed by atoms with E-state index in [-0.39, 0.29) is 12.6 Å². The minimum absolute atomic E-state index is 0.245. The van der Waals surface area contributed by atoms with E-state index in [1.807, 2.05) is 18.2 Å². The van der Waals surface area contributed by atoms with Crippen molar-refractivity contribution in [2.75, 3.05) is 17.9 Å². The summed E-state index contributed by atoms with van der Waals surface area (Å²) >= 11 is 1.56. The highest BCUT2D eigenvalue weighted by atomic mass is 32.2. The fourth-order valence-corrected chi connectivity index (χ4v) is 3.71. The van der Waals surface area contributed by atoms with Crippen LogP contribution in [0.4, 0.5) is 10.1 Å². The summed E-state index contributed by atoms with van der Waals surface area (Å²) in [5.41, 5.74) is 2.64. The van der Waals surface area contributed by atoms with Crippen LogP contribution < -0.4 is 14.8 Å². The molecule has 2 aliphatic heterocycles. The third-order valence-electron chi connectivity index (χ3n) is 4.24. The first kappa shape index (κ1) is 16.1. The van der Waals surface area contributed by atoms with Crippen molar-refractivity contribution in [3.8, 4) is 11.5 Å². The molecule has 0 bridgehead atoms. The lowest BCUT2D eigenvalue weighted by molar-refractivity contribution is 0.174. The smallest absolute Gasteiger partial charge is 0.231 e. The van der Waals surface area contributed by atoms with Crippen LogP contribution in [0.25, 0.3) is 0 Å². The monoisotopic (exact) mass is 383 g/mol. The Morgan fingerprint density at radius 2 is 1.93 bits per heavy atom. The van der Waals surface area contributed by atoms with Crippen LogP contribution in [-0.2, 0) is 6.54 Å². The van der Waals surface area contributed by atoms with Crippen molar-refractivity contribution in [3.63, 3.8) is 0 Å². The maximum atomic E-state index is 13.2. The van der Waals surface area contributed by atoms with Crippen molar-refractivity contribution in [2.24, 2.45) is 5.10 Å². The Bertz CT molecular complexity index is 1030. The van der Waals surface area contributed by atoms with Gasteiger partial charge in [0.1, 0.15) is 5.82 Å². The Balaban J connectivity index is 1.37. The van der Waals surface area contributed by atoms with Gasteiger partial charge in [-0.25, -0.2) is 4.39 Å². The van der Waals surface area contributed by atoms with E-state index in [2.05, 4.69) is 20.6 Å². The molecule has 5 rings (SSSR count). The van der Waals surface area contributed by atoms with E-state index in [4.69, 9.17) is 9.47 Å². The number of benzene rings is 2. The molecule has 0 atom stereocenters. The molecule has 0 unspecified atom stereocenters. The van der Waals surface area contributed by atoms with Crippen molar-refractivity contribution in [1.29, 1.82) is 0 Å². The van der Waals surface area contributed by atoms with E-state index in [1.165, 1.54) is 12.1 Å². The average Bonchev–Trinajstić information content (AvgIpc) is 3.33. The van der Waals surface area contributed by atoms with Crippen molar-refractivity contribution in [1.82, 2.24) is 14.9 Å². The number of nitrogens with one attached hydrogen (secondary N) is 1. The molecule has 7 nitrogen and oxygen atoms in total. The number of nitrogens with zero attached hydrogens (tertiary/aromatic N) is 4. The second kappa shape index (κ2) is 6.58. The van der Waals surface area contributed by atoms with Gasteiger partial charge in [0.15, 0.2) is 17.3 Å². The van der Waals surface area contributed by atoms with Gasteiger partial charge < -0.3 is 14.8 Å². The fourth-order valence-electron chi connectivity index (χ4n) is 2.85. The van der Waals surface area contributed by atoms with Crippen LogP contribution in [0.3, 0.4) is 0 Å². The Morgan fingerprint density at radius 1 is 1.07 bits per heavy atom. The molecule has 0 aliphatic carbocycles. The third kappa shape index (κ3) is 3.10. The molecule has 9 heteroatoms. The molecule has 0 saturated heterocycles. The second-order valence-corrected chi connectivity index (χ2v) is 6.92. The lowest BCUT2D eigenvalue weighted by Crippen LogP contribution is -2.15. The summed E-state index contributed by atoms with van der Waals surface area (Å²) in [5, 5.41) is 17.1. The minimum atomic E-state index is -0.263. The number of ether oxygens (including phenoxy) is 2. The predicted molar refractivity (Wildman–Crippen MR) is 99.0 cm³/mol. The molecular weight excluding hydrogens is 369 g/mol. The maximum Gasteiger partial charge on any atom is 0.231 e. The van der Waals surface area contributed by atoms with Gasteiger partial charge in [0, 0.05) is 17.5 Å². The summed E-state index contributed by atoms with van der Waals surface area (Å²) in [6.07, 6.45) is 0. The van der Waals surface area contributed by atoms with Crippen LogP contribution in [-0.4, -0.2) is 33.1 Å². The number of rotatable bonds is 4. The van der Waals surface area contributed by atoms with E-state index in [1.54, 1.807) is 28.6 Å². The van der Waals surface area contributed by atoms with Gasteiger partial charge in [0.25, 0.3) is 0 Å². The number of fused-ring (bicyclic) bond motifs is 2. The van der Waals surface area contributed by atoms with Gasteiger partial charge in [-0.2, -0.15) is 9.78 Å². The molecular formula is C18H14FN5O2S. The highest BCUT2D eigenvalue weighted by molar-refractivity contribution is 7.99. The van der Waals surface area contributed by atoms with Crippen molar-refractivity contribution in [2.45, 2.75) is 11.7 Å². The molecule has 1 N–H and O–H groups in total. The van der Waals surface area contributed by atoms with Gasteiger partial charge in [-0.05, 0) is 29.8 Å². The number of aromatic nitrogens is 3. The van der Waals surface area contributed by atoms with E-state index < -0.39 is 0 Å². The summed E-state index contributed by atoms with van der Waals surface area (Å²) in [7, 11) is 0. The molecule has 2 aromatic carbocycles. The van der Waals surface area contributed by atoms with Crippen LogP contribution in [0.2, 0.25) is 0 Å². The molecule has 0 saturated carbocycles. The first-order valence-electron chi connectivity index (χ1n) is 8.31.